The van der Waals surface area contributed by atoms with Gasteiger partial charge in [0.25, 0.3) is 5.91 Å². The van der Waals surface area contributed by atoms with E-state index in [0.717, 1.165) is 0 Å². The van der Waals surface area contributed by atoms with Crippen LogP contribution in [0.3, 0.4) is 0 Å². The van der Waals surface area contributed by atoms with Gasteiger partial charge in [0, 0.05) is 10.6 Å². The highest BCUT2D eigenvalue weighted by molar-refractivity contribution is 6.34. The van der Waals surface area contributed by atoms with Crippen LogP contribution in [0.1, 0.15) is 10.4 Å². The third-order valence-corrected chi connectivity index (χ3v) is 4.81. The van der Waals surface area contributed by atoms with Crippen LogP contribution in [0.25, 0.3) is 22.6 Å². The van der Waals surface area contributed by atoms with Crippen molar-refractivity contribution in [3.05, 3.63) is 81.1 Å². The van der Waals surface area contributed by atoms with Crippen LogP contribution in [0.2, 0.25) is 10.0 Å². The van der Waals surface area contributed by atoms with Crippen LogP contribution in [0, 0.1) is 29.1 Å². The Balaban J connectivity index is 1.72. The minimum atomic E-state index is -2.37. The van der Waals surface area contributed by atoms with Crippen molar-refractivity contribution < 1.29 is 31.2 Å². The van der Waals surface area contributed by atoms with Crippen molar-refractivity contribution in [3.63, 3.8) is 0 Å². The number of hydrogen-bond acceptors (Lipinski definition) is 3. The van der Waals surface area contributed by atoms with Gasteiger partial charge in [0.15, 0.2) is 28.9 Å². The van der Waals surface area contributed by atoms with Crippen molar-refractivity contribution in [1.82, 2.24) is 4.98 Å². The van der Waals surface area contributed by atoms with Gasteiger partial charge in [-0.05, 0) is 36.4 Å². The topological polar surface area (TPSA) is 55.1 Å². The van der Waals surface area contributed by atoms with Crippen LogP contribution >= 0.6 is 23.2 Å². The van der Waals surface area contributed by atoms with Crippen LogP contribution in [0.15, 0.2) is 40.8 Å². The Morgan fingerprint density at radius 1 is 0.871 bits per heavy atom. The molecule has 1 N–H and O–H groups in total. The average molecular weight is 473 g/mol. The molecule has 0 fully saturated rings. The van der Waals surface area contributed by atoms with Gasteiger partial charge in [-0.25, -0.2) is 26.9 Å². The summed E-state index contributed by atoms with van der Waals surface area (Å²) < 4.78 is 73.4. The van der Waals surface area contributed by atoms with Gasteiger partial charge in [0.1, 0.15) is 11.1 Å². The maximum absolute atomic E-state index is 13.9. The fraction of sp³-hybridized carbons (Fsp3) is 0. The molecule has 11 heteroatoms. The highest BCUT2D eigenvalue weighted by Crippen LogP contribution is 2.32. The highest BCUT2D eigenvalue weighted by atomic mass is 35.5. The van der Waals surface area contributed by atoms with Gasteiger partial charge in [-0.2, -0.15) is 0 Å². The predicted octanol–water partition coefficient (Wildman–Crippen LogP) is 6.75. The molecule has 0 aliphatic rings. The van der Waals surface area contributed by atoms with Crippen LogP contribution in [-0.4, -0.2) is 10.9 Å². The largest absolute Gasteiger partial charge is 0.436 e. The van der Waals surface area contributed by atoms with E-state index in [1.807, 2.05) is 5.32 Å². The summed E-state index contributed by atoms with van der Waals surface area (Å²) in [7, 11) is 0. The Bertz CT molecular complexity index is 1340. The lowest BCUT2D eigenvalue weighted by Gasteiger charge is -2.11. The molecular weight excluding hydrogens is 466 g/mol. The summed E-state index contributed by atoms with van der Waals surface area (Å²) in [6.07, 6.45) is 0. The smallest absolute Gasteiger partial charge is 0.261 e. The number of carbonyl (C=O) groups is 1. The molecule has 0 saturated carbocycles. The third kappa shape index (κ3) is 3.70. The van der Waals surface area contributed by atoms with Crippen LogP contribution in [0.5, 0.6) is 0 Å². The number of nitrogens with one attached hydrogen (secondary N) is 1. The van der Waals surface area contributed by atoms with Gasteiger partial charge in [0.2, 0.25) is 11.7 Å². The Labute approximate surface area is 180 Å². The minimum absolute atomic E-state index is 0.0693. The molecule has 0 radical (unpaired) electrons. The number of oxazole rings is 1. The minimum Gasteiger partial charge on any atom is -0.436 e. The molecule has 0 aliphatic heterocycles. The van der Waals surface area contributed by atoms with E-state index in [4.69, 9.17) is 27.6 Å². The van der Waals surface area contributed by atoms with Gasteiger partial charge in [-0.1, -0.05) is 23.2 Å². The lowest BCUT2D eigenvalue weighted by atomic mass is 10.1. The monoisotopic (exact) mass is 472 g/mol. The molecule has 1 heterocycles. The molecule has 0 atom stereocenters. The van der Waals surface area contributed by atoms with Crippen molar-refractivity contribution in [2.24, 2.45) is 0 Å². The van der Waals surface area contributed by atoms with Gasteiger partial charge >= 0.3 is 0 Å². The molecule has 0 aliphatic carbocycles. The summed E-state index contributed by atoms with van der Waals surface area (Å²) in [6.45, 7) is 0. The number of halogens is 7. The molecule has 0 bridgehead atoms. The van der Waals surface area contributed by atoms with E-state index in [-0.39, 0.29) is 16.6 Å². The van der Waals surface area contributed by atoms with Crippen molar-refractivity contribution >= 4 is 45.9 Å². The number of benzene rings is 3. The molecule has 3 aromatic carbocycles. The molecule has 31 heavy (non-hydrogen) atoms. The zero-order valence-electron chi connectivity index (χ0n) is 14.9. The fourth-order valence-corrected chi connectivity index (χ4v) is 3.10. The first-order valence-corrected chi connectivity index (χ1v) is 9.11. The van der Waals surface area contributed by atoms with Crippen molar-refractivity contribution in [3.8, 4) is 11.5 Å². The van der Waals surface area contributed by atoms with Crippen molar-refractivity contribution in [2.75, 3.05) is 5.32 Å². The van der Waals surface area contributed by atoms with Crippen molar-refractivity contribution in [1.29, 1.82) is 0 Å². The SMILES string of the molecule is O=C(Nc1cc(-c2nc3cc(Cl)ccc3o2)ccc1Cl)c1c(F)c(F)c(F)c(F)c1F. The molecule has 1 aromatic heterocycles. The Morgan fingerprint density at radius 2 is 1.52 bits per heavy atom. The van der Waals surface area contributed by atoms with Crippen molar-refractivity contribution in [2.45, 2.75) is 0 Å². The summed E-state index contributed by atoms with van der Waals surface area (Å²) in [5.41, 5.74) is -0.641. The Morgan fingerprint density at radius 3 is 2.19 bits per heavy atom. The summed E-state index contributed by atoms with van der Waals surface area (Å²) in [5.74, 6) is -12.9. The van der Waals surface area contributed by atoms with E-state index < -0.39 is 40.6 Å². The van der Waals surface area contributed by atoms with E-state index in [1.54, 1.807) is 18.2 Å². The summed E-state index contributed by atoms with van der Waals surface area (Å²) >= 11 is 11.9. The summed E-state index contributed by atoms with van der Waals surface area (Å²) in [6, 6.07) is 8.83. The zero-order valence-corrected chi connectivity index (χ0v) is 16.4. The Hall–Kier alpha value is -3.17. The molecular formula is C20H7Cl2F5N2O2. The van der Waals surface area contributed by atoms with E-state index in [1.165, 1.54) is 18.2 Å². The first kappa shape index (κ1) is 21.1. The number of aromatic nitrogens is 1. The highest BCUT2D eigenvalue weighted by Gasteiger charge is 2.30. The quantitative estimate of drug-likeness (QED) is 0.204. The van der Waals surface area contributed by atoms with Gasteiger partial charge < -0.3 is 9.73 Å². The van der Waals surface area contributed by atoms with E-state index in [0.29, 0.717) is 21.7 Å². The van der Waals surface area contributed by atoms with E-state index in [9.17, 15) is 26.7 Å². The average Bonchev–Trinajstić information content (AvgIpc) is 3.15. The van der Waals surface area contributed by atoms with Gasteiger partial charge in [-0.15, -0.1) is 0 Å². The van der Waals surface area contributed by atoms with E-state index in [2.05, 4.69) is 4.98 Å². The maximum Gasteiger partial charge on any atom is 0.261 e. The molecule has 4 nitrogen and oxygen atoms in total. The second kappa shape index (κ2) is 7.82. The fourth-order valence-electron chi connectivity index (χ4n) is 2.77. The Kier molecular flexibility index (Phi) is 5.32. The number of carbonyl (C=O) groups excluding carboxylic acids is 1. The molecule has 0 saturated heterocycles. The normalized spacial score (nSPS) is 11.2. The zero-order chi connectivity index (χ0) is 22.4. The standard InChI is InChI=1S/C20H7Cl2F5N2O2/c21-8-2-4-12-11(6-8)29-20(31-12)7-1-3-9(22)10(5-7)28-19(30)13-14(23)16(25)18(27)17(26)15(13)24/h1-6H,(H,28,30). The van der Waals surface area contributed by atoms with Crippen LogP contribution in [0.4, 0.5) is 27.6 Å². The number of hydrogen-bond donors (Lipinski definition) is 1. The van der Waals surface area contributed by atoms with E-state index >= 15 is 0 Å². The molecule has 0 spiro atoms. The molecule has 158 valence electrons. The molecule has 4 rings (SSSR count). The third-order valence-electron chi connectivity index (χ3n) is 4.25. The second-order valence-corrected chi connectivity index (χ2v) is 7.07. The van der Waals surface area contributed by atoms with Gasteiger partial charge in [0.05, 0.1) is 10.7 Å². The lowest BCUT2D eigenvalue weighted by Crippen LogP contribution is -2.19. The van der Waals surface area contributed by atoms with Gasteiger partial charge in [-0.3, -0.25) is 4.79 Å². The summed E-state index contributed by atoms with van der Waals surface area (Å²) in [5, 5.41) is 2.40. The molecule has 4 aromatic rings. The number of anilines is 1. The maximum atomic E-state index is 13.9. The first-order chi connectivity index (χ1) is 14.7. The first-order valence-electron chi connectivity index (χ1n) is 8.36. The second-order valence-electron chi connectivity index (χ2n) is 6.22. The van der Waals surface area contributed by atoms with Crippen LogP contribution in [-0.2, 0) is 0 Å². The lowest BCUT2D eigenvalue weighted by molar-refractivity contribution is 0.101. The summed E-state index contributed by atoms with van der Waals surface area (Å²) in [4.78, 5) is 16.5. The molecule has 1 amide bonds. The van der Waals surface area contributed by atoms with Crippen LogP contribution < -0.4 is 5.32 Å². The number of nitrogens with zero attached hydrogens (tertiary/aromatic N) is 1. The predicted molar refractivity (Wildman–Crippen MR) is 104 cm³/mol. The number of rotatable bonds is 3. The number of amides is 1. The number of fused-ring (bicyclic) bond motifs is 1. The molecule has 0 unspecified atom stereocenters.